The molecular formula is C51H44N2+2. The van der Waals surface area contributed by atoms with Gasteiger partial charge in [-0.3, -0.25) is 0 Å². The minimum atomic E-state index is 1.19. The molecule has 53 heavy (non-hydrogen) atoms. The van der Waals surface area contributed by atoms with Crippen molar-refractivity contribution in [3.05, 3.63) is 193 Å². The molecule has 0 fully saturated rings. The molecule has 0 atom stereocenters. The predicted octanol–water partition coefficient (Wildman–Crippen LogP) is 11.9. The molecule has 2 aromatic heterocycles. The molecule has 2 heteroatoms. The number of hydrogen-bond donors (Lipinski definition) is 0. The van der Waals surface area contributed by atoms with Gasteiger partial charge in [-0.1, -0.05) is 138 Å². The van der Waals surface area contributed by atoms with E-state index < -0.39 is 0 Å². The molecule has 6 aromatic carbocycles. The van der Waals surface area contributed by atoms with Crippen LogP contribution < -0.4 is 9.13 Å². The standard InChI is InChI=1S/C51H44N2/c1-35-10-16-40(17-11-35)47-32-48(41-18-12-36(2)13-19-41)50(43-28-24-39(25-29-43)46-9-7-31-53(5)34-46)51(44-20-14-37(3)15-21-44)49(47)42-26-22-38(23-27-42)45-8-6-30-52(4)33-45/h6-34H,1-5H3/q+2. The molecule has 0 bridgehead atoms. The van der Waals surface area contributed by atoms with Crippen LogP contribution in [-0.2, 0) is 14.1 Å². The van der Waals surface area contributed by atoms with E-state index in [-0.39, 0.29) is 0 Å². The summed E-state index contributed by atoms with van der Waals surface area (Å²) in [6.45, 7) is 6.48. The van der Waals surface area contributed by atoms with Gasteiger partial charge in [0.15, 0.2) is 24.8 Å². The average Bonchev–Trinajstić information content (AvgIpc) is 3.18. The molecule has 0 aliphatic rings. The van der Waals surface area contributed by atoms with Gasteiger partial charge in [0, 0.05) is 23.3 Å². The van der Waals surface area contributed by atoms with Crippen LogP contribution in [0.4, 0.5) is 0 Å². The monoisotopic (exact) mass is 684 g/mol. The van der Waals surface area contributed by atoms with Crippen molar-refractivity contribution in [1.29, 1.82) is 0 Å². The lowest BCUT2D eigenvalue weighted by Gasteiger charge is -2.25. The number of hydrogen-bond acceptors (Lipinski definition) is 0. The van der Waals surface area contributed by atoms with Crippen LogP contribution in [0.25, 0.3) is 77.9 Å². The Balaban J connectivity index is 1.46. The molecule has 0 aliphatic carbocycles. The van der Waals surface area contributed by atoms with Crippen molar-refractivity contribution >= 4 is 0 Å². The Hall–Kier alpha value is -6.38. The third-order valence-electron chi connectivity index (χ3n) is 10.3. The molecule has 0 spiro atoms. The number of pyridine rings is 2. The number of aryl methyl sites for hydroxylation is 5. The van der Waals surface area contributed by atoms with Crippen LogP contribution in [0.2, 0.25) is 0 Å². The lowest BCUT2D eigenvalue weighted by molar-refractivity contribution is -0.671. The summed E-state index contributed by atoms with van der Waals surface area (Å²) in [6.07, 6.45) is 8.50. The van der Waals surface area contributed by atoms with Gasteiger partial charge in [0.1, 0.15) is 14.1 Å². The van der Waals surface area contributed by atoms with Gasteiger partial charge in [0.2, 0.25) is 0 Å². The van der Waals surface area contributed by atoms with Gasteiger partial charge in [0.25, 0.3) is 0 Å². The average molecular weight is 685 g/mol. The first-order valence-corrected chi connectivity index (χ1v) is 18.3. The lowest BCUT2D eigenvalue weighted by Crippen LogP contribution is -2.26. The van der Waals surface area contributed by atoms with E-state index in [9.17, 15) is 0 Å². The molecule has 0 aliphatic heterocycles. The third kappa shape index (κ3) is 6.97. The maximum Gasteiger partial charge on any atom is 0.176 e. The van der Waals surface area contributed by atoms with Gasteiger partial charge >= 0.3 is 0 Å². The van der Waals surface area contributed by atoms with Crippen LogP contribution in [0.1, 0.15) is 16.7 Å². The van der Waals surface area contributed by atoms with Crippen LogP contribution in [0.3, 0.4) is 0 Å². The second-order valence-corrected chi connectivity index (χ2v) is 14.4. The third-order valence-corrected chi connectivity index (χ3v) is 10.3. The molecule has 8 aromatic rings. The Kier molecular flexibility index (Phi) is 9.12. The Labute approximate surface area is 314 Å². The number of rotatable bonds is 7. The number of aromatic nitrogens is 2. The second kappa shape index (κ2) is 14.3. The van der Waals surface area contributed by atoms with E-state index in [1.807, 2.05) is 0 Å². The summed E-state index contributed by atoms with van der Waals surface area (Å²) in [5.41, 5.74) is 20.6. The predicted molar refractivity (Wildman–Crippen MR) is 221 cm³/mol. The minimum absolute atomic E-state index is 1.19. The van der Waals surface area contributed by atoms with Gasteiger partial charge in [-0.05, 0) is 106 Å². The van der Waals surface area contributed by atoms with E-state index in [0.717, 1.165) is 0 Å². The molecule has 0 unspecified atom stereocenters. The fourth-order valence-electron chi connectivity index (χ4n) is 7.39. The van der Waals surface area contributed by atoms with E-state index in [4.69, 9.17) is 0 Å². The molecule has 2 heterocycles. The quantitative estimate of drug-likeness (QED) is 0.148. The summed E-state index contributed by atoms with van der Waals surface area (Å²) in [6, 6.07) is 56.4. The van der Waals surface area contributed by atoms with Crippen LogP contribution >= 0.6 is 0 Å². The summed E-state index contributed by atoms with van der Waals surface area (Å²) < 4.78 is 4.21. The summed E-state index contributed by atoms with van der Waals surface area (Å²) in [5.74, 6) is 0. The summed E-state index contributed by atoms with van der Waals surface area (Å²) in [4.78, 5) is 0. The van der Waals surface area contributed by atoms with Gasteiger partial charge in [-0.2, -0.15) is 0 Å². The van der Waals surface area contributed by atoms with Crippen LogP contribution in [0, 0.1) is 20.8 Å². The van der Waals surface area contributed by atoms with E-state index in [2.05, 4.69) is 220 Å². The highest BCUT2D eigenvalue weighted by molar-refractivity contribution is 6.07. The molecule has 2 nitrogen and oxygen atoms in total. The normalized spacial score (nSPS) is 11.1. The van der Waals surface area contributed by atoms with Crippen molar-refractivity contribution in [2.24, 2.45) is 14.1 Å². The zero-order valence-corrected chi connectivity index (χ0v) is 31.1. The molecule has 8 rings (SSSR count). The first-order chi connectivity index (χ1) is 25.8. The van der Waals surface area contributed by atoms with Gasteiger partial charge in [-0.15, -0.1) is 0 Å². The topological polar surface area (TPSA) is 7.76 Å². The Morgan fingerprint density at radius 3 is 0.962 bits per heavy atom. The highest BCUT2D eigenvalue weighted by atomic mass is 14.9. The maximum absolute atomic E-state index is 2.44. The summed E-state index contributed by atoms with van der Waals surface area (Å²) in [7, 11) is 4.15. The maximum atomic E-state index is 2.44. The van der Waals surface area contributed by atoms with E-state index in [1.165, 1.54) is 94.6 Å². The first kappa shape index (κ1) is 33.7. The molecule has 0 saturated carbocycles. The van der Waals surface area contributed by atoms with E-state index in [0.29, 0.717) is 0 Å². The smallest absolute Gasteiger partial charge is 0.176 e. The van der Waals surface area contributed by atoms with Crippen molar-refractivity contribution in [3.8, 4) is 77.9 Å². The van der Waals surface area contributed by atoms with Crippen molar-refractivity contribution in [1.82, 2.24) is 0 Å². The first-order valence-electron chi connectivity index (χ1n) is 18.3. The summed E-state index contributed by atoms with van der Waals surface area (Å²) >= 11 is 0. The fourth-order valence-corrected chi connectivity index (χ4v) is 7.39. The number of nitrogens with zero attached hydrogens (tertiary/aromatic N) is 2. The van der Waals surface area contributed by atoms with Gasteiger partial charge in [0.05, 0.1) is 0 Å². The van der Waals surface area contributed by atoms with Gasteiger partial charge < -0.3 is 0 Å². The van der Waals surface area contributed by atoms with E-state index >= 15 is 0 Å². The molecule has 0 saturated heterocycles. The molecule has 0 radical (unpaired) electrons. The van der Waals surface area contributed by atoms with E-state index in [1.54, 1.807) is 0 Å². The molecular weight excluding hydrogens is 641 g/mol. The molecule has 256 valence electrons. The van der Waals surface area contributed by atoms with Crippen LogP contribution in [-0.4, -0.2) is 0 Å². The largest absolute Gasteiger partial charge is 0.207 e. The Bertz CT molecular complexity index is 2390. The summed E-state index contributed by atoms with van der Waals surface area (Å²) in [5, 5.41) is 0. The molecule has 0 N–H and O–H groups in total. The second-order valence-electron chi connectivity index (χ2n) is 14.4. The van der Waals surface area contributed by atoms with Crippen molar-refractivity contribution in [3.63, 3.8) is 0 Å². The minimum Gasteiger partial charge on any atom is -0.207 e. The van der Waals surface area contributed by atoms with Crippen molar-refractivity contribution in [2.75, 3.05) is 0 Å². The highest BCUT2D eigenvalue weighted by Crippen LogP contribution is 2.50. The van der Waals surface area contributed by atoms with Gasteiger partial charge in [-0.25, -0.2) is 9.13 Å². The Morgan fingerprint density at radius 2 is 0.604 bits per heavy atom. The molecule has 0 amide bonds. The SMILES string of the molecule is Cc1ccc(-c2cc(-c3ccc(C)cc3)c(-c3ccc(-c4ccc[n+](C)c4)cc3)c(-c3ccc(C)cc3)c2-c2ccc(-c3ccc[n+](C)c3)cc2)cc1. The Morgan fingerprint density at radius 1 is 0.302 bits per heavy atom. The van der Waals surface area contributed by atoms with Crippen LogP contribution in [0.5, 0.6) is 0 Å². The zero-order chi connectivity index (χ0) is 36.5. The zero-order valence-electron chi connectivity index (χ0n) is 31.1. The number of benzene rings is 6. The highest BCUT2D eigenvalue weighted by Gasteiger charge is 2.24. The van der Waals surface area contributed by atoms with Crippen LogP contribution in [0.15, 0.2) is 176 Å². The van der Waals surface area contributed by atoms with Crippen molar-refractivity contribution in [2.45, 2.75) is 20.8 Å². The lowest BCUT2D eigenvalue weighted by atomic mass is 9.78. The van der Waals surface area contributed by atoms with Crippen molar-refractivity contribution < 1.29 is 9.13 Å². The fraction of sp³-hybridized carbons (Fsp3) is 0.0980.